The highest BCUT2D eigenvalue weighted by atomic mass is 16.5. The number of aliphatic carboxylic acids is 1. The SMILES string of the molecule is C=COC(=O)CCCCCCCCCCCCCCCCCCCCCCCCCCCCCCCCCCCCCC(=O)O. The second-order valence-electron chi connectivity index (χ2n) is 13.9. The van der Waals surface area contributed by atoms with Crippen LogP contribution in [0.15, 0.2) is 12.8 Å². The molecule has 0 spiro atoms. The molecule has 0 saturated carbocycles. The molecule has 0 saturated heterocycles. The van der Waals surface area contributed by atoms with Gasteiger partial charge in [0.05, 0.1) is 6.26 Å². The molecular formula is C41H78O4. The molecule has 0 aromatic rings. The maximum absolute atomic E-state index is 11.2. The molecule has 0 unspecified atom stereocenters. The summed E-state index contributed by atoms with van der Waals surface area (Å²) in [5, 5.41) is 8.64. The van der Waals surface area contributed by atoms with Gasteiger partial charge in [-0.3, -0.25) is 9.59 Å². The molecular weight excluding hydrogens is 556 g/mol. The van der Waals surface area contributed by atoms with Crippen molar-refractivity contribution in [2.75, 3.05) is 0 Å². The van der Waals surface area contributed by atoms with Gasteiger partial charge in [0.2, 0.25) is 0 Å². The zero-order chi connectivity index (χ0) is 32.7. The van der Waals surface area contributed by atoms with E-state index in [9.17, 15) is 9.59 Å². The number of hydrogen-bond donors (Lipinski definition) is 1. The van der Waals surface area contributed by atoms with Crippen LogP contribution in [0.4, 0.5) is 0 Å². The third-order valence-electron chi connectivity index (χ3n) is 9.49. The summed E-state index contributed by atoms with van der Waals surface area (Å²) in [7, 11) is 0. The Morgan fingerprint density at radius 2 is 0.533 bits per heavy atom. The van der Waals surface area contributed by atoms with Gasteiger partial charge in [-0.1, -0.05) is 218 Å². The average molecular weight is 635 g/mol. The van der Waals surface area contributed by atoms with Gasteiger partial charge in [-0.15, -0.1) is 0 Å². The summed E-state index contributed by atoms with van der Waals surface area (Å²) < 4.78 is 4.74. The van der Waals surface area contributed by atoms with E-state index in [1.165, 1.54) is 205 Å². The number of hydrogen-bond acceptors (Lipinski definition) is 3. The van der Waals surface area contributed by atoms with Gasteiger partial charge in [0.25, 0.3) is 0 Å². The van der Waals surface area contributed by atoms with Gasteiger partial charge >= 0.3 is 11.9 Å². The largest absolute Gasteiger partial charge is 0.481 e. The summed E-state index contributed by atoms with van der Waals surface area (Å²) in [4.78, 5) is 21.7. The number of carbonyl (C=O) groups excluding carboxylic acids is 1. The first-order chi connectivity index (χ1) is 22.2. The molecule has 1 N–H and O–H groups in total. The summed E-state index contributed by atoms with van der Waals surface area (Å²) in [6.45, 7) is 3.41. The van der Waals surface area contributed by atoms with E-state index < -0.39 is 5.97 Å². The number of esters is 1. The van der Waals surface area contributed by atoms with Crippen molar-refractivity contribution < 1.29 is 19.4 Å². The van der Waals surface area contributed by atoms with Crippen molar-refractivity contribution in [3.63, 3.8) is 0 Å². The smallest absolute Gasteiger partial charge is 0.310 e. The van der Waals surface area contributed by atoms with E-state index in [1.807, 2.05) is 0 Å². The fourth-order valence-electron chi connectivity index (χ4n) is 6.53. The van der Waals surface area contributed by atoms with Crippen LogP contribution in [0.3, 0.4) is 0 Å². The van der Waals surface area contributed by atoms with Crippen molar-refractivity contribution >= 4 is 11.9 Å². The summed E-state index contributed by atoms with van der Waals surface area (Å²) in [5.74, 6) is -0.801. The van der Waals surface area contributed by atoms with Crippen molar-refractivity contribution in [3.05, 3.63) is 12.8 Å². The molecule has 4 nitrogen and oxygen atoms in total. The first kappa shape index (κ1) is 43.7. The van der Waals surface area contributed by atoms with Crippen LogP contribution < -0.4 is 0 Å². The lowest BCUT2D eigenvalue weighted by atomic mass is 10.0. The number of carboxylic acids is 1. The molecule has 0 fully saturated rings. The first-order valence-electron chi connectivity index (χ1n) is 20.2. The van der Waals surface area contributed by atoms with Crippen molar-refractivity contribution in [2.24, 2.45) is 0 Å². The van der Waals surface area contributed by atoms with Crippen LogP contribution in [-0.4, -0.2) is 17.0 Å². The third-order valence-corrected chi connectivity index (χ3v) is 9.49. The summed E-state index contributed by atoms with van der Waals surface area (Å²) >= 11 is 0. The second kappa shape index (κ2) is 38.9. The molecule has 266 valence electrons. The van der Waals surface area contributed by atoms with Crippen LogP contribution in [0.1, 0.15) is 238 Å². The summed E-state index contributed by atoms with van der Waals surface area (Å²) in [6, 6.07) is 0. The Bertz CT molecular complexity index is 617. The highest BCUT2D eigenvalue weighted by molar-refractivity contribution is 5.69. The predicted molar refractivity (Wildman–Crippen MR) is 195 cm³/mol. The Morgan fingerprint density at radius 3 is 0.711 bits per heavy atom. The molecule has 0 aliphatic rings. The standard InChI is InChI=1S/C41H78O4/c1-2-45-41(44)39-37-35-33-31-29-27-25-23-21-19-17-15-13-11-9-7-5-3-4-6-8-10-12-14-16-18-20-22-24-26-28-30-32-34-36-38-40(42)43/h2H,1,3-39H2,(H,42,43). The Balaban J connectivity index is 3.07. The number of ether oxygens (including phenoxy) is 1. The minimum atomic E-state index is -0.652. The zero-order valence-electron chi connectivity index (χ0n) is 30.1. The molecule has 0 bridgehead atoms. The van der Waals surface area contributed by atoms with E-state index in [0.717, 1.165) is 25.7 Å². The van der Waals surface area contributed by atoms with Crippen LogP contribution in [0.25, 0.3) is 0 Å². The van der Waals surface area contributed by atoms with E-state index in [2.05, 4.69) is 6.58 Å². The Hall–Kier alpha value is -1.32. The van der Waals surface area contributed by atoms with E-state index in [-0.39, 0.29) is 5.97 Å². The Labute approximate surface area is 281 Å². The lowest BCUT2D eigenvalue weighted by molar-refractivity contribution is -0.138. The van der Waals surface area contributed by atoms with Crippen LogP contribution in [-0.2, 0) is 14.3 Å². The lowest BCUT2D eigenvalue weighted by Gasteiger charge is -2.05. The quantitative estimate of drug-likeness (QED) is 0.0415. The molecule has 0 atom stereocenters. The van der Waals surface area contributed by atoms with Crippen molar-refractivity contribution in [1.29, 1.82) is 0 Å². The highest BCUT2D eigenvalue weighted by Gasteiger charge is 2.01. The van der Waals surface area contributed by atoms with Crippen LogP contribution in [0.2, 0.25) is 0 Å². The average Bonchev–Trinajstić information content (AvgIpc) is 3.02. The maximum Gasteiger partial charge on any atom is 0.310 e. The van der Waals surface area contributed by atoms with E-state index >= 15 is 0 Å². The van der Waals surface area contributed by atoms with E-state index in [1.54, 1.807) is 0 Å². The highest BCUT2D eigenvalue weighted by Crippen LogP contribution is 2.17. The molecule has 0 heterocycles. The van der Waals surface area contributed by atoms with Gasteiger partial charge in [-0.25, -0.2) is 0 Å². The molecule has 0 aromatic heterocycles. The minimum Gasteiger partial charge on any atom is -0.481 e. The fraction of sp³-hybridized carbons (Fsp3) is 0.902. The molecule has 0 radical (unpaired) electrons. The van der Waals surface area contributed by atoms with E-state index in [0.29, 0.717) is 12.8 Å². The molecule has 0 aliphatic carbocycles. The Morgan fingerprint density at radius 1 is 0.356 bits per heavy atom. The number of unbranched alkanes of at least 4 members (excludes halogenated alkanes) is 34. The number of rotatable bonds is 39. The van der Waals surface area contributed by atoms with Gasteiger partial charge in [0.15, 0.2) is 0 Å². The molecule has 0 aliphatic heterocycles. The monoisotopic (exact) mass is 635 g/mol. The Kier molecular flexibility index (Phi) is 37.7. The normalized spacial score (nSPS) is 11.2. The van der Waals surface area contributed by atoms with Gasteiger partial charge in [-0.05, 0) is 12.8 Å². The zero-order valence-corrected chi connectivity index (χ0v) is 30.1. The summed E-state index contributed by atoms with van der Waals surface area (Å²) in [6.07, 6.45) is 49.6. The van der Waals surface area contributed by atoms with Gasteiger partial charge < -0.3 is 9.84 Å². The topological polar surface area (TPSA) is 63.6 Å². The molecule has 0 rings (SSSR count). The fourth-order valence-corrected chi connectivity index (χ4v) is 6.53. The second-order valence-corrected chi connectivity index (χ2v) is 13.9. The third kappa shape index (κ3) is 40.7. The van der Waals surface area contributed by atoms with Crippen molar-refractivity contribution in [1.82, 2.24) is 0 Å². The maximum atomic E-state index is 11.2. The summed E-state index contributed by atoms with van der Waals surface area (Å²) in [5.41, 5.74) is 0. The van der Waals surface area contributed by atoms with Gasteiger partial charge in [0, 0.05) is 12.8 Å². The lowest BCUT2D eigenvalue weighted by Crippen LogP contribution is -1.98. The van der Waals surface area contributed by atoms with Crippen molar-refractivity contribution in [3.8, 4) is 0 Å². The van der Waals surface area contributed by atoms with Gasteiger partial charge in [-0.2, -0.15) is 0 Å². The van der Waals surface area contributed by atoms with Crippen LogP contribution in [0, 0.1) is 0 Å². The van der Waals surface area contributed by atoms with E-state index in [4.69, 9.17) is 9.84 Å². The van der Waals surface area contributed by atoms with Crippen LogP contribution >= 0.6 is 0 Å². The number of carbonyl (C=O) groups is 2. The molecule has 45 heavy (non-hydrogen) atoms. The predicted octanol–water partition coefficient (Wildman–Crippen LogP) is 14.2. The first-order valence-corrected chi connectivity index (χ1v) is 20.2. The molecule has 0 aromatic carbocycles. The minimum absolute atomic E-state index is 0.148. The van der Waals surface area contributed by atoms with Crippen LogP contribution in [0.5, 0.6) is 0 Å². The molecule has 4 heteroatoms. The van der Waals surface area contributed by atoms with Crippen molar-refractivity contribution in [2.45, 2.75) is 238 Å². The number of carboxylic acid groups (broad SMARTS) is 1. The van der Waals surface area contributed by atoms with Gasteiger partial charge in [0.1, 0.15) is 0 Å². The molecule has 0 amide bonds.